The molecule has 1 aliphatic rings. The Morgan fingerprint density at radius 2 is 2.05 bits per heavy atom. The van der Waals surface area contributed by atoms with Gasteiger partial charge in [-0.1, -0.05) is 11.6 Å². The molecule has 0 aliphatic carbocycles. The van der Waals surface area contributed by atoms with Gasteiger partial charge in [0.1, 0.15) is 28.1 Å². The molecule has 2 atom stereocenters. The summed E-state index contributed by atoms with van der Waals surface area (Å²) in [5.74, 6) is -1.05. The van der Waals surface area contributed by atoms with Gasteiger partial charge in [-0.3, -0.25) is 19.8 Å². The summed E-state index contributed by atoms with van der Waals surface area (Å²) in [7, 11) is 1.52. The Morgan fingerprint density at radius 1 is 1.24 bits per heavy atom. The summed E-state index contributed by atoms with van der Waals surface area (Å²) in [5.41, 5.74) is 6.43. The molecule has 4 rings (SSSR count). The highest BCUT2D eigenvalue weighted by Gasteiger charge is 2.34. The summed E-state index contributed by atoms with van der Waals surface area (Å²) in [4.78, 5) is 49.3. The van der Waals surface area contributed by atoms with Crippen LogP contribution in [0.5, 0.6) is 0 Å². The van der Waals surface area contributed by atoms with Crippen LogP contribution in [-0.4, -0.2) is 69.1 Å². The number of rotatable bonds is 10. The number of likely N-dealkylation sites (N-methyl/N-ethyl adjacent to an activating group) is 1. The van der Waals surface area contributed by atoms with Gasteiger partial charge in [0.05, 0.1) is 11.1 Å². The Labute approximate surface area is 228 Å². The average Bonchev–Trinajstić information content (AvgIpc) is 3.65. The Hall–Kier alpha value is -3.71. The highest BCUT2D eigenvalue weighted by atomic mass is 35.5. The molecule has 0 aromatic carbocycles. The van der Waals surface area contributed by atoms with Crippen molar-refractivity contribution in [2.75, 3.05) is 20.1 Å². The van der Waals surface area contributed by atoms with Gasteiger partial charge in [-0.2, -0.15) is 0 Å². The number of thiazole rings is 1. The molecule has 12 nitrogen and oxygen atoms in total. The maximum Gasteiger partial charge on any atom is 0.274 e. The number of aromatic nitrogens is 3. The third kappa shape index (κ3) is 6.40. The van der Waals surface area contributed by atoms with Gasteiger partial charge in [-0.15, -0.1) is 11.3 Å². The monoisotopic (exact) mass is 559 g/mol. The van der Waals surface area contributed by atoms with Crippen LogP contribution in [0.1, 0.15) is 64.1 Å². The third-order valence-electron chi connectivity index (χ3n) is 6.29. The maximum atomic E-state index is 13.3. The van der Waals surface area contributed by atoms with Gasteiger partial charge in [0.25, 0.3) is 11.8 Å². The number of pyridine rings is 1. The fourth-order valence-corrected chi connectivity index (χ4v) is 5.51. The Morgan fingerprint density at radius 3 is 2.82 bits per heavy atom. The zero-order chi connectivity index (χ0) is 27.2. The van der Waals surface area contributed by atoms with Crippen molar-refractivity contribution < 1.29 is 14.4 Å². The van der Waals surface area contributed by atoms with E-state index in [0.29, 0.717) is 53.7 Å². The van der Waals surface area contributed by atoms with Crippen molar-refractivity contribution in [2.24, 2.45) is 5.73 Å². The first-order valence-electron chi connectivity index (χ1n) is 12.3. The fourth-order valence-electron chi connectivity index (χ4n) is 4.40. The van der Waals surface area contributed by atoms with Gasteiger partial charge in [0, 0.05) is 37.9 Å². The Kier molecular flexibility index (Phi) is 8.79. The Balaban J connectivity index is 1.41. The van der Waals surface area contributed by atoms with Crippen molar-refractivity contribution in [1.82, 2.24) is 35.2 Å². The standard InChI is InChI=1S/C24H30ClN9O3S/c1-28-20(35)15(5-2-3-9-29-24(26)27)31-21(36)17-13-38-22(32-17)18-6-4-10-34(18)23(37)16-12-33-11-14(25)7-8-19(33)30-16/h7-8,11-13,15,18H,2-6,9-10H2,1H3,(H,28,35)(H,31,36)(H4,26,27,29)/t15?,18-/m0/s1. The van der Waals surface area contributed by atoms with Crippen LogP contribution in [0, 0.1) is 5.41 Å². The van der Waals surface area contributed by atoms with Gasteiger partial charge >= 0.3 is 0 Å². The topological polar surface area (TPSA) is 171 Å². The summed E-state index contributed by atoms with van der Waals surface area (Å²) in [5, 5.41) is 18.1. The number of imidazole rings is 1. The number of hydrogen-bond donors (Lipinski definition) is 5. The number of carbonyl (C=O) groups is 3. The molecular formula is C24H30ClN9O3S. The number of hydrogen-bond acceptors (Lipinski definition) is 7. The molecule has 3 aromatic heterocycles. The molecule has 6 N–H and O–H groups in total. The molecular weight excluding hydrogens is 530 g/mol. The van der Waals surface area contributed by atoms with Gasteiger partial charge in [0.15, 0.2) is 5.96 Å². The minimum atomic E-state index is -0.719. The van der Waals surface area contributed by atoms with E-state index in [1.54, 1.807) is 39.2 Å². The molecule has 3 aromatic rings. The number of halogens is 1. The molecule has 4 heterocycles. The molecule has 1 unspecified atom stereocenters. The minimum Gasteiger partial charge on any atom is -0.370 e. The van der Waals surface area contributed by atoms with E-state index in [1.165, 1.54) is 18.4 Å². The quantitative estimate of drug-likeness (QED) is 0.143. The van der Waals surface area contributed by atoms with Gasteiger partial charge in [0.2, 0.25) is 5.91 Å². The molecule has 0 bridgehead atoms. The van der Waals surface area contributed by atoms with E-state index < -0.39 is 11.9 Å². The van der Waals surface area contributed by atoms with Gasteiger partial charge in [-0.25, -0.2) is 9.97 Å². The summed E-state index contributed by atoms with van der Waals surface area (Å²) >= 11 is 7.37. The molecule has 1 aliphatic heterocycles. The highest BCUT2D eigenvalue weighted by molar-refractivity contribution is 7.09. The number of fused-ring (bicyclic) bond motifs is 1. The number of amides is 3. The molecule has 0 radical (unpaired) electrons. The third-order valence-corrected chi connectivity index (χ3v) is 7.46. The first kappa shape index (κ1) is 27.3. The predicted molar refractivity (Wildman–Crippen MR) is 144 cm³/mol. The van der Waals surface area contributed by atoms with Crippen LogP contribution >= 0.6 is 22.9 Å². The van der Waals surface area contributed by atoms with Crippen LogP contribution in [0.4, 0.5) is 0 Å². The van der Waals surface area contributed by atoms with E-state index in [0.717, 1.165) is 12.8 Å². The van der Waals surface area contributed by atoms with Crippen molar-refractivity contribution in [3.05, 3.63) is 51.3 Å². The molecule has 1 fully saturated rings. The second kappa shape index (κ2) is 12.2. The van der Waals surface area contributed by atoms with Crippen molar-refractivity contribution in [3.63, 3.8) is 0 Å². The van der Waals surface area contributed by atoms with Gasteiger partial charge in [-0.05, 0) is 44.2 Å². The first-order valence-corrected chi connectivity index (χ1v) is 13.5. The van der Waals surface area contributed by atoms with Crippen LogP contribution in [0.3, 0.4) is 0 Å². The summed E-state index contributed by atoms with van der Waals surface area (Å²) in [6.45, 7) is 1.08. The number of nitrogens with two attached hydrogens (primary N) is 1. The summed E-state index contributed by atoms with van der Waals surface area (Å²) in [6, 6.07) is 2.50. The molecule has 0 saturated carbocycles. The van der Waals surface area contributed by atoms with E-state index in [-0.39, 0.29) is 29.5 Å². The van der Waals surface area contributed by atoms with Crippen LogP contribution in [-0.2, 0) is 4.79 Å². The van der Waals surface area contributed by atoms with E-state index in [1.807, 2.05) is 0 Å². The van der Waals surface area contributed by atoms with E-state index in [9.17, 15) is 14.4 Å². The number of nitrogens with zero attached hydrogens (tertiary/aromatic N) is 4. The van der Waals surface area contributed by atoms with Crippen LogP contribution in [0.2, 0.25) is 5.02 Å². The van der Waals surface area contributed by atoms with Crippen LogP contribution < -0.4 is 21.7 Å². The lowest BCUT2D eigenvalue weighted by Crippen LogP contribution is -2.45. The highest BCUT2D eigenvalue weighted by Crippen LogP contribution is 2.35. The SMILES string of the molecule is CNC(=O)C(CCCCNC(=N)N)NC(=O)c1csc([C@@H]2CCCN2C(=O)c2cn3cc(Cl)ccc3n2)n1. The molecule has 3 amide bonds. The lowest BCUT2D eigenvalue weighted by atomic mass is 10.1. The maximum absolute atomic E-state index is 13.3. The molecule has 0 spiro atoms. The largest absolute Gasteiger partial charge is 0.370 e. The van der Waals surface area contributed by atoms with Crippen molar-refractivity contribution in [1.29, 1.82) is 5.41 Å². The lowest BCUT2D eigenvalue weighted by Gasteiger charge is -2.22. The van der Waals surface area contributed by atoms with E-state index in [2.05, 4.69) is 25.9 Å². The van der Waals surface area contributed by atoms with Crippen molar-refractivity contribution in [3.8, 4) is 0 Å². The minimum absolute atomic E-state index is 0.105. The number of guanidine groups is 1. The lowest BCUT2D eigenvalue weighted by molar-refractivity contribution is -0.122. The van der Waals surface area contributed by atoms with Gasteiger partial charge < -0.3 is 31.0 Å². The number of likely N-dealkylation sites (tertiary alicyclic amines) is 1. The summed E-state index contributed by atoms with van der Waals surface area (Å²) in [6.07, 6.45) is 6.67. The summed E-state index contributed by atoms with van der Waals surface area (Å²) < 4.78 is 1.72. The molecule has 202 valence electrons. The fraction of sp³-hybridized carbons (Fsp3) is 0.417. The van der Waals surface area contributed by atoms with Crippen LogP contribution in [0.25, 0.3) is 5.65 Å². The number of unbranched alkanes of at least 4 members (excludes halogenated alkanes) is 1. The average molecular weight is 560 g/mol. The van der Waals surface area contributed by atoms with Crippen molar-refractivity contribution in [2.45, 2.75) is 44.2 Å². The number of nitrogens with one attached hydrogen (secondary N) is 4. The molecule has 1 saturated heterocycles. The zero-order valence-electron chi connectivity index (χ0n) is 20.9. The number of carbonyl (C=O) groups excluding carboxylic acids is 3. The first-order chi connectivity index (χ1) is 18.3. The predicted octanol–water partition coefficient (Wildman–Crippen LogP) is 1.92. The zero-order valence-corrected chi connectivity index (χ0v) is 22.4. The second-order valence-electron chi connectivity index (χ2n) is 8.94. The second-order valence-corrected chi connectivity index (χ2v) is 10.3. The van der Waals surface area contributed by atoms with E-state index in [4.69, 9.17) is 22.7 Å². The van der Waals surface area contributed by atoms with Crippen LogP contribution in [0.15, 0.2) is 29.9 Å². The van der Waals surface area contributed by atoms with E-state index >= 15 is 0 Å². The normalized spacial score (nSPS) is 15.8. The molecule has 38 heavy (non-hydrogen) atoms. The van der Waals surface area contributed by atoms with Crippen molar-refractivity contribution >= 4 is 52.3 Å². The Bertz CT molecular complexity index is 1340. The molecule has 14 heteroatoms. The smallest absolute Gasteiger partial charge is 0.274 e.